The SMILES string of the molecule is CC(C)(C)C(=O)N1CCc2ccc(NC(=O)N3CCNC3=O)cc21. The number of carbonyl (C=O) groups excluding carboxylic acids is 3. The molecule has 2 heterocycles. The number of nitrogens with one attached hydrogen (secondary N) is 2. The molecule has 24 heavy (non-hydrogen) atoms. The number of urea groups is 2. The van der Waals surface area contributed by atoms with Crippen molar-refractivity contribution in [1.29, 1.82) is 0 Å². The van der Waals surface area contributed by atoms with Gasteiger partial charge in [-0.15, -0.1) is 0 Å². The number of carbonyl (C=O) groups is 3. The van der Waals surface area contributed by atoms with Crippen molar-refractivity contribution in [2.24, 2.45) is 5.41 Å². The van der Waals surface area contributed by atoms with E-state index in [2.05, 4.69) is 10.6 Å². The first kappa shape index (κ1) is 16.3. The highest BCUT2D eigenvalue weighted by molar-refractivity contribution is 6.03. The molecule has 0 aromatic heterocycles. The van der Waals surface area contributed by atoms with Crippen molar-refractivity contribution in [1.82, 2.24) is 10.2 Å². The van der Waals surface area contributed by atoms with Crippen molar-refractivity contribution in [2.45, 2.75) is 27.2 Å². The Kier molecular flexibility index (Phi) is 3.95. The van der Waals surface area contributed by atoms with Gasteiger partial charge in [0.2, 0.25) is 5.91 Å². The van der Waals surface area contributed by atoms with Crippen molar-refractivity contribution in [3.63, 3.8) is 0 Å². The van der Waals surface area contributed by atoms with Gasteiger partial charge in [0, 0.05) is 36.4 Å². The third-order valence-electron chi connectivity index (χ3n) is 4.22. The predicted molar refractivity (Wildman–Crippen MR) is 91.1 cm³/mol. The summed E-state index contributed by atoms with van der Waals surface area (Å²) >= 11 is 0. The lowest BCUT2D eigenvalue weighted by Gasteiger charge is -2.26. The van der Waals surface area contributed by atoms with Gasteiger partial charge in [-0.3, -0.25) is 4.79 Å². The van der Waals surface area contributed by atoms with Crippen LogP contribution in [0.25, 0.3) is 0 Å². The molecule has 1 aromatic carbocycles. The molecule has 0 spiro atoms. The van der Waals surface area contributed by atoms with E-state index >= 15 is 0 Å². The van der Waals surface area contributed by atoms with Gasteiger partial charge in [0.15, 0.2) is 0 Å². The minimum absolute atomic E-state index is 0.0589. The monoisotopic (exact) mass is 330 g/mol. The van der Waals surface area contributed by atoms with Gasteiger partial charge < -0.3 is 15.5 Å². The first-order valence-corrected chi connectivity index (χ1v) is 8.08. The number of imide groups is 1. The molecule has 1 saturated heterocycles. The molecular formula is C17H22N4O3. The largest absolute Gasteiger partial charge is 0.336 e. The van der Waals surface area contributed by atoms with Gasteiger partial charge in [-0.1, -0.05) is 26.8 Å². The maximum Gasteiger partial charge on any atom is 0.330 e. The maximum atomic E-state index is 12.6. The Morgan fingerprint density at radius 2 is 1.92 bits per heavy atom. The summed E-state index contributed by atoms with van der Waals surface area (Å²) in [5.41, 5.74) is 2.03. The van der Waals surface area contributed by atoms with Crippen molar-refractivity contribution in [3.8, 4) is 0 Å². The fraction of sp³-hybridized carbons (Fsp3) is 0.471. The van der Waals surface area contributed by atoms with Crippen molar-refractivity contribution >= 4 is 29.3 Å². The molecule has 0 radical (unpaired) electrons. The van der Waals surface area contributed by atoms with E-state index in [4.69, 9.17) is 0 Å². The standard InChI is InChI=1S/C17H22N4O3/c1-17(2,3)14(22)20-8-6-11-4-5-12(10-13(11)20)19-16(24)21-9-7-18-15(21)23/h4-5,10H,6-9H2,1-3H3,(H,18,23)(H,19,24). The van der Waals surface area contributed by atoms with E-state index in [9.17, 15) is 14.4 Å². The van der Waals surface area contributed by atoms with E-state index in [0.717, 1.165) is 22.6 Å². The molecule has 0 saturated carbocycles. The van der Waals surface area contributed by atoms with Crippen molar-refractivity contribution < 1.29 is 14.4 Å². The summed E-state index contributed by atoms with van der Waals surface area (Å²) in [7, 11) is 0. The Balaban J connectivity index is 1.80. The zero-order valence-corrected chi connectivity index (χ0v) is 14.2. The van der Waals surface area contributed by atoms with E-state index in [-0.39, 0.29) is 5.91 Å². The summed E-state index contributed by atoms with van der Waals surface area (Å²) < 4.78 is 0. The van der Waals surface area contributed by atoms with Crippen LogP contribution in [-0.4, -0.2) is 42.5 Å². The summed E-state index contributed by atoms with van der Waals surface area (Å²) in [4.78, 5) is 39.2. The maximum absolute atomic E-state index is 12.6. The van der Waals surface area contributed by atoms with Gasteiger partial charge in [0.1, 0.15) is 0 Å². The van der Waals surface area contributed by atoms with Crippen LogP contribution in [0.2, 0.25) is 0 Å². The number of rotatable bonds is 1. The van der Waals surface area contributed by atoms with E-state index in [1.165, 1.54) is 0 Å². The molecule has 2 aliphatic heterocycles. The van der Waals surface area contributed by atoms with E-state index in [1.54, 1.807) is 17.0 Å². The Hall–Kier alpha value is -2.57. The third-order valence-corrected chi connectivity index (χ3v) is 4.22. The quantitative estimate of drug-likeness (QED) is 0.828. The minimum atomic E-state index is -0.464. The first-order chi connectivity index (χ1) is 11.3. The molecule has 1 fully saturated rings. The normalized spacial score (nSPS) is 16.9. The lowest BCUT2D eigenvalue weighted by Crippen LogP contribution is -2.38. The average Bonchev–Trinajstić information content (AvgIpc) is 3.11. The van der Waals surface area contributed by atoms with E-state index < -0.39 is 17.5 Å². The number of hydrogen-bond acceptors (Lipinski definition) is 3. The summed E-state index contributed by atoms with van der Waals surface area (Å²) in [6.07, 6.45) is 0.805. The molecule has 0 aliphatic carbocycles. The molecule has 5 amide bonds. The van der Waals surface area contributed by atoms with Crippen LogP contribution < -0.4 is 15.5 Å². The Labute approximate surface area is 141 Å². The molecule has 7 nitrogen and oxygen atoms in total. The van der Waals surface area contributed by atoms with Crippen molar-refractivity contribution in [2.75, 3.05) is 29.9 Å². The Morgan fingerprint density at radius 3 is 2.54 bits per heavy atom. The Bertz CT molecular complexity index is 708. The molecule has 0 unspecified atom stereocenters. The molecule has 7 heteroatoms. The zero-order valence-electron chi connectivity index (χ0n) is 14.2. The predicted octanol–water partition coefficient (Wildman–Crippen LogP) is 2.18. The van der Waals surface area contributed by atoms with Crippen LogP contribution in [0.15, 0.2) is 18.2 Å². The molecule has 3 rings (SSSR count). The molecule has 128 valence electrons. The highest BCUT2D eigenvalue weighted by Crippen LogP contribution is 2.34. The fourth-order valence-corrected chi connectivity index (χ4v) is 2.93. The van der Waals surface area contributed by atoms with Gasteiger partial charge in [-0.25, -0.2) is 14.5 Å². The van der Waals surface area contributed by atoms with Crippen molar-refractivity contribution in [3.05, 3.63) is 23.8 Å². The molecular weight excluding hydrogens is 308 g/mol. The van der Waals surface area contributed by atoms with Crippen LogP contribution in [0.3, 0.4) is 0 Å². The highest BCUT2D eigenvalue weighted by atomic mass is 16.2. The fourth-order valence-electron chi connectivity index (χ4n) is 2.93. The van der Waals surface area contributed by atoms with Crippen LogP contribution in [-0.2, 0) is 11.2 Å². The Morgan fingerprint density at radius 1 is 1.17 bits per heavy atom. The van der Waals surface area contributed by atoms with Gasteiger partial charge >= 0.3 is 12.1 Å². The number of fused-ring (bicyclic) bond motifs is 1. The topological polar surface area (TPSA) is 81.8 Å². The van der Waals surface area contributed by atoms with Crippen LogP contribution in [0, 0.1) is 5.41 Å². The smallest absolute Gasteiger partial charge is 0.330 e. The van der Waals surface area contributed by atoms with Gasteiger partial charge in [-0.2, -0.15) is 0 Å². The van der Waals surface area contributed by atoms with E-state index in [0.29, 0.717) is 25.3 Å². The van der Waals surface area contributed by atoms with E-state index in [1.807, 2.05) is 26.8 Å². The van der Waals surface area contributed by atoms with Crippen LogP contribution in [0.5, 0.6) is 0 Å². The van der Waals surface area contributed by atoms with Gasteiger partial charge in [-0.05, 0) is 24.1 Å². The number of amides is 5. The molecule has 0 bridgehead atoms. The highest BCUT2D eigenvalue weighted by Gasteiger charge is 2.33. The third kappa shape index (κ3) is 2.93. The summed E-state index contributed by atoms with van der Waals surface area (Å²) in [6, 6.07) is 4.67. The number of nitrogens with zero attached hydrogens (tertiary/aromatic N) is 2. The second kappa shape index (κ2) is 5.81. The first-order valence-electron chi connectivity index (χ1n) is 8.08. The second-order valence-corrected chi connectivity index (χ2v) is 7.11. The molecule has 0 atom stereocenters. The van der Waals surface area contributed by atoms with Gasteiger partial charge in [0.25, 0.3) is 0 Å². The number of benzene rings is 1. The molecule has 2 N–H and O–H groups in total. The minimum Gasteiger partial charge on any atom is -0.336 e. The number of anilines is 2. The van der Waals surface area contributed by atoms with Gasteiger partial charge in [0.05, 0.1) is 0 Å². The molecule has 2 aliphatic rings. The molecule has 1 aromatic rings. The summed E-state index contributed by atoms with van der Waals surface area (Å²) in [5, 5.41) is 5.32. The average molecular weight is 330 g/mol. The second-order valence-electron chi connectivity index (χ2n) is 7.11. The number of hydrogen-bond donors (Lipinski definition) is 2. The van der Waals surface area contributed by atoms with Crippen LogP contribution in [0.4, 0.5) is 21.0 Å². The van der Waals surface area contributed by atoms with Crippen LogP contribution >= 0.6 is 0 Å². The lowest BCUT2D eigenvalue weighted by atomic mass is 9.94. The zero-order chi connectivity index (χ0) is 17.5. The lowest BCUT2D eigenvalue weighted by molar-refractivity contribution is -0.125. The van der Waals surface area contributed by atoms with Crippen LogP contribution in [0.1, 0.15) is 26.3 Å². The summed E-state index contributed by atoms with van der Waals surface area (Å²) in [5.74, 6) is 0.0589. The summed E-state index contributed by atoms with van der Waals surface area (Å²) in [6.45, 7) is 7.15.